The van der Waals surface area contributed by atoms with E-state index in [0.717, 1.165) is 33.0 Å². The van der Waals surface area contributed by atoms with Crippen LogP contribution in [0, 0.1) is 0 Å². The molecule has 0 aliphatic rings. The Morgan fingerprint density at radius 2 is 0.971 bits per heavy atom. The number of allylic oxidation sites excluding steroid dienone is 2. The van der Waals surface area contributed by atoms with Crippen LogP contribution in [0.5, 0.6) is 0 Å². The van der Waals surface area contributed by atoms with Gasteiger partial charge in [-0.15, -0.1) is 10.2 Å². The van der Waals surface area contributed by atoms with Gasteiger partial charge in [-0.2, -0.15) is 10.2 Å². The van der Waals surface area contributed by atoms with Gasteiger partial charge in [0.15, 0.2) is 11.6 Å². The molecule has 0 atom stereocenters. The molecule has 0 saturated heterocycles. The Morgan fingerprint density at radius 1 is 0.588 bits per heavy atom. The van der Waals surface area contributed by atoms with Gasteiger partial charge in [-0.05, 0) is 36.1 Å². The van der Waals surface area contributed by atoms with Crippen molar-refractivity contribution in [2.75, 3.05) is 10.9 Å². The summed E-state index contributed by atoms with van der Waals surface area (Å²) in [6.45, 7) is 4.00. The van der Waals surface area contributed by atoms with Crippen LogP contribution in [0.4, 0.5) is 11.6 Å². The van der Waals surface area contributed by atoms with Crippen molar-refractivity contribution >= 4 is 47.0 Å². The first-order chi connectivity index (χ1) is 16.7. The van der Waals surface area contributed by atoms with Gasteiger partial charge in [0.2, 0.25) is 0 Å². The van der Waals surface area contributed by atoms with Crippen molar-refractivity contribution in [3.05, 3.63) is 107 Å². The first-order valence-corrected chi connectivity index (χ1v) is 11.0. The lowest BCUT2D eigenvalue weighted by Gasteiger charge is -2.08. The van der Waals surface area contributed by atoms with Crippen LogP contribution in [0.2, 0.25) is 0 Å². The molecule has 3 aromatic carbocycles. The maximum absolute atomic E-state index is 4.34. The average Bonchev–Trinajstić information content (AvgIpc) is 2.86. The van der Waals surface area contributed by atoms with E-state index in [1.54, 1.807) is 12.4 Å². The molecule has 2 N–H and O–H groups in total. The molecule has 4 rings (SSSR count). The molecular weight excluding hydrogens is 420 g/mol. The number of hydrogen-bond donors (Lipinski definition) is 2. The number of nitrogens with one attached hydrogen (secondary N) is 2. The Balaban J connectivity index is 1.47. The van der Waals surface area contributed by atoms with Crippen LogP contribution >= 0.6 is 0 Å². The van der Waals surface area contributed by atoms with Crippen LogP contribution in [-0.2, 0) is 0 Å². The van der Waals surface area contributed by atoms with Crippen molar-refractivity contribution in [3.8, 4) is 0 Å². The van der Waals surface area contributed by atoms with Crippen molar-refractivity contribution in [2.45, 2.75) is 13.8 Å². The van der Waals surface area contributed by atoms with E-state index in [1.165, 1.54) is 0 Å². The molecule has 0 bridgehead atoms. The number of benzene rings is 3. The quantitative estimate of drug-likeness (QED) is 0.235. The minimum atomic E-state index is 0.578. The van der Waals surface area contributed by atoms with Crippen LogP contribution in [0.15, 0.2) is 106 Å². The normalized spacial score (nSPS) is 12.5. The number of hydrazone groups is 2. The topological polar surface area (TPSA) is 74.6 Å². The zero-order chi connectivity index (χ0) is 23.6. The lowest BCUT2D eigenvalue weighted by atomic mass is 10.1. The van der Waals surface area contributed by atoms with Crippen LogP contribution < -0.4 is 10.9 Å². The van der Waals surface area contributed by atoms with E-state index in [4.69, 9.17) is 0 Å². The van der Waals surface area contributed by atoms with E-state index in [-0.39, 0.29) is 0 Å². The van der Waals surface area contributed by atoms with Crippen molar-refractivity contribution in [1.82, 2.24) is 10.2 Å². The molecule has 0 saturated carbocycles. The number of nitrogens with zero attached hydrogens (tertiary/aromatic N) is 4. The second kappa shape index (κ2) is 11.3. The van der Waals surface area contributed by atoms with E-state index in [0.29, 0.717) is 11.6 Å². The molecule has 0 amide bonds. The van der Waals surface area contributed by atoms with Gasteiger partial charge < -0.3 is 0 Å². The van der Waals surface area contributed by atoms with Crippen molar-refractivity contribution in [2.24, 2.45) is 10.2 Å². The Hall–Kier alpha value is -4.58. The first-order valence-electron chi connectivity index (χ1n) is 11.0. The standard InChI is InChI=1S/C28H26N6/c1-21(17-23-11-5-3-6-12-23)19-29-31-27-25-15-9-10-16-26(25)28(34-33-27)32-30-20-22(2)18-24-13-7-4-8-14-24/h3-20H,1-2H3,(H,31,33)(H,32,34)/b21-17-,22-18-,29-19+,30-20+. The van der Waals surface area contributed by atoms with Gasteiger partial charge in [-0.3, -0.25) is 10.9 Å². The molecule has 168 valence electrons. The maximum Gasteiger partial charge on any atom is 0.176 e. The summed E-state index contributed by atoms with van der Waals surface area (Å²) in [6, 6.07) is 28.1. The van der Waals surface area contributed by atoms with Crippen LogP contribution in [0.1, 0.15) is 25.0 Å². The van der Waals surface area contributed by atoms with E-state index < -0.39 is 0 Å². The summed E-state index contributed by atoms with van der Waals surface area (Å²) in [4.78, 5) is 0. The van der Waals surface area contributed by atoms with Gasteiger partial charge in [-0.1, -0.05) is 97.1 Å². The van der Waals surface area contributed by atoms with Crippen LogP contribution in [0.25, 0.3) is 22.9 Å². The highest BCUT2D eigenvalue weighted by Crippen LogP contribution is 2.25. The van der Waals surface area contributed by atoms with Crippen LogP contribution in [-0.4, -0.2) is 22.6 Å². The summed E-state index contributed by atoms with van der Waals surface area (Å²) in [5.74, 6) is 1.16. The second-order valence-corrected chi connectivity index (χ2v) is 7.78. The number of hydrogen-bond acceptors (Lipinski definition) is 6. The minimum absolute atomic E-state index is 0.578. The minimum Gasteiger partial charge on any atom is -0.259 e. The van der Waals surface area contributed by atoms with E-state index in [1.807, 2.05) is 74.5 Å². The van der Waals surface area contributed by atoms with Crippen LogP contribution in [0.3, 0.4) is 0 Å². The highest BCUT2D eigenvalue weighted by Gasteiger charge is 2.07. The highest BCUT2D eigenvalue weighted by molar-refractivity contribution is 5.98. The lowest BCUT2D eigenvalue weighted by molar-refractivity contribution is 1.03. The molecular formula is C28H26N6. The summed E-state index contributed by atoms with van der Waals surface area (Å²) in [5, 5.41) is 19.1. The molecule has 0 aliphatic heterocycles. The van der Waals surface area contributed by atoms with E-state index in [2.05, 4.69) is 67.7 Å². The molecule has 0 spiro atoms. The van der Waals surface area contributed by atoms with E-state index in [9.17, 15) is 0 Å². The van der Waals surface area contributed by atoms with Gasteiger partial charge in [0.25, 0.3) is 0 Å². The number of anilines is 2. The molecule has 1 aromatic heterocycles. The third kappa shape index (κ3) is 6.23. The summed E-state index contributed by atoms with van der Waals surface area (Å²) >= 11 is 0. The Morgan fingerprint density at radius 3 is 1.38 bits per heavy atom. The molecule has 4 aromatic rings. The molecule has 0 unspecified atom stereocenters. The predicted molar refractivity (Wildman–Crippen MR) is 144 cm³/mol. The second-order valence-electron chi connectivity index (χ2n) is 7.78. The first kappa shape index (κ1) is 22.6. The molecule has 1 heterocycles. The Bertz CT molecular complexity index is 1250. The summed E-state index contributed by atoms with van der Waals surface area (Å²) in [6.07, 6.45) is 7.66. The van der Waals surface area contributed by atoms with Crippen molar-refractivity contribution in [1.29, 1.82) is 0 Å². The number of rotatable bonds is 8. The van der Waals surface area contributed by atoms with E-state index >= 15 is 0 Å². The lowest BCUT2D eigenvalue weighted by Crippen LogP contribution is -2.01. The predicted octanol–water partition coefficient (Wildman–Crippen LogP) is 6.63. The molecule has 0 aliphatic carbocycles. The fourth-order valence-electron chi connectivity index (χ4n) is 3.36. The SMILES string of the molecule is CC(=C/c1ccccc1)/C=N/Nc1nnc(N/N=C/C(C)=C\c2ccccc2)c2ccccc12. The molecule has 34 heavy (non-hydrogen) atoms. The zero-order valence-corrected chi connectivity index (χ0v) is 19.2. The van der Waals surface area contributed by atoms with Gasteiger partial charge >= 0.3 is 0 Å². The smallest absolute Gasteiger partial charge is 0.176 e. The van der Waals surface area contributed by atoms with Gasteiger partial charge in [0, 0.05) is 10.8 Å². The monoisotopic (exact) mass is 446 g/mol. The number of fused-ring (bicyclic) bond motifs is 1. The fourth-order valence-corrected chi connectivity index (χ4v) is 3.36. The summed E-state index contributed by atoms with van der Waals surface area (Å²) in [5.41, 5.74) is 10.3. The number of aromatic nitrogens is 2. The largest absolute Gasteiger partial charge is 0.259 e. The third-order valence-corrected chi connectivity index (χ3v) is 4.95. The molecule has 0 fully saturated rings. The molecule has 0 radical (unpaired) electrons. The third-order valence-electron chi connectivity index (χ3n) is 4.95. The summed E-state index contributed by atoms with van der Waals surface area (Å²) < 4.78 is 0. The average molecular weight is 447 g/mol. The zero-order valence-electron chi connectivity index (χ0n) is 19.2. The molecule has 6 nitrogen and oxygen atoms in total. The van der Waals surface area contributed by atoms with Crippen molar-refractivity contribution in [3.63, 3.8) is 0 Å². The fraction of sp³-hybridized carbons (Fsp3) is 0.0714. The highest BCUT2D eigenvalue weighted by atomic mass is 15.4. The Kier molecular flexibility index (Phi) is 7.54. The van der Waals surface area contributed by atoms with Crippen molar-refractivity contribution < 1.29 is 0 Å². The van der Waals surface area contributed by atoms with Gasteiger partial charge in [0.1, 0.15) is 0 Å². The van der Waals surface area contributed by atoms with Gasteiger partial charge in [0.05, 0.1) is 12.4 Å². The summed E-state index contributed by atoms with van der Waals surface area (Å²) in [7, 11) is 0. The maximum atomic E-state index is 4.34. The molecule has 6 heteroatoms. The van der Waals surface area contributed by atoms with Gasteiger partial charge in [-0.25, -0.2) is 0 Å². The Labute approximate surface area is 199 Å².